The second kappa shape index (κ2) is 3.80. The molecule has 0 atom stereocenters. The van der Waals surface area contributed by atoms with Crippen LogP contribution in [0.15, 0.2) is 54.6 Å². The summed E-state index contributed by atoms with van der Waals surface area (Å²) in [5.74, 6) is 0.561. The molecule has 3 aromatic rings. The average Bonchev–Trinajstić information content (AvgIpc) is 2.37. The summed E-state index contributed by atoms with van der Waals surface area (Å²) in [7, 11) is 0. The van der Waals surface area contributed by atoms with E-state index in [-0.39, 0.29) is 0 Å². The molecule has 0 spiro atoms. The molecule has 3 rings (SSSR count). The Bertz CT molecular complexity index is 656. The van der Waals surface area contributed by atoms with Crippen molar-refractivity contribution in [2.24, 2.45) is 0 Å². The highest BCUT2D eigenvalue weighted by Gasteiger charge is 2.03. The first-order valence-corrected chi connectivity index (χ1v) is 5.89. The minimum atomic E-state index is 0.561. The first-order chi connectivity index (χ1) is 7.90. The zero-order valence-corrected chi connectivity index (χ0v) is 9.54. The maximum atomic E-state index is 6.01. The lowest BCUT2D eigenvalue weighted by molar-refractivity contribution is 1.46. The Labute approximate surface area is 99.5 Å². The van der Waals surface area contributed by atoms with Crippen LogP contribution in [0, 0.1) is 0 Å². The Hall–Kier alpha value is -1.53. The van der Waals surface area contributed by atoms with Gasteiger partial charge in [-0.3, -0.25) is 0 Å². The second-order valence-corrected chi connectivity index (χ2v) is 4.20. The van der Waals surface area contributed by atoms with Crippen molar-refractivity contribution < 1.29 is 0 Å². The smallest absolute Gasteiger partial charge is 0.0480 e. The number of alkyl halides is 1. The molecular weight excluding hydrogens is 216 g/mol. The molecule has 0 bridgehead atoms. The molecule has 0 fully saturated rings. The van der Waals surface area contributed by atoms with Gasteiger partial charge in [0.25, 0.3) is 0 Å². The molecule has 0 nitrogen and oxygen atoms in total. The lowest BCUT2D eigenvalue weighted by atomic mass is 9.98. The standard InChI is InChI=1S/C15H11Cl/c16-10-13-6-3-5-12-9-8-11-4-1-2-7-14(11)15(12)13/h1-9H,10H2. The molecule has 0 aromatic heterocycles. The third-order valence-corrected chi connectivity index (χ3v) is 3.29. The largest absolute Gasteiger partial charge is 0.122 e. The van der Waals surface area contributed by atoms with Crippen molar-refractivity contribution >= 4 is 33.1 Å². The third kappa shape index (κ3) is 1.38. The van der Waals surface area contributed by atoms with E-state index in [2.05, 4.69) is 54.6 Å². The van der Waals surface area contributed by atoms with Crippen molar-refractivity contribution in [2.45, 2.75) is 5.88 Å². The van der Waals surface area contributed by atoms with Crippen molar-refractivity contribution in [1.82, 2.24) is 0 Å². The molecule has 1 heteroatoms. The van der Waals surface area contributed by atoms with E-state index in [9.17, 15) is 0 Å². The Morgan fingerprint density at radius 3 is 2.38 bits per heavy atom. The first kappa shape index (κ1) is 9.68. The van der Waals surface area contributed by atoms with Gasteiger partial charge >= 0.3 is 0 Å². The lowest BCUT2D eigenvalue weighted by Crippen LogP contribution is -1.83. The van der Waals surface area contributed by atoms with E-state index < -0.39 is 0 Å². The minimum absolute atomic E-state index is 0.561. The molecule has 3 aromatic carbocycles. The van der Waals surface area contributed by atoms with Crippen LogP contribution < -0.4 is 0 Å². The fourth-order valence-corrected chi connectivity index (χ4v) is 2.47. The molecule has 0 radical (unpaired) electrons. The number of benzene rings is 3. The number of halogens is 1. The maximum Gasteiger partial charge on any atom is 0.0480 e. The van der Waals surface area contributed by atoms with Gasteiger partial charge in [0.05, 0.1) is 0 Å². The summed E-state index contributed by atoms with van der Waals surface area (Å²) in [5, 5.41) is 5.11. The van der Waals surface area contributed by atoms with Crippen molar-refractivity contribution in [3.05, 3.63) is 60.2 Å². The van der Waals surface area contributed by atoms with Crippen LogP contribution >= 0.6 is 11.6 Å². The number of fused-ring (bicyclic) bond motifs is 3. The zero-order chi connectivity index (χ0) is 11.0. The fourth-order valence-electron chi connectivity index (χ4n) is 2.25. The van der Waals surface area contributed by atoms with Gasteiger partial charge in [0.15, 0.2) is 0 Å². The topological polar surface area (TPSA) is 0 Å². The SMILES string of the molecule is ClCc1cccc2ccc3ccccc3c12. The molecule has 0 aliphatic heterocycles. The van der Waals surface area contributed by atoms with E-state index in [0.29, 0.717) is 5.88 Å². The molecule has 78 valence electrons. The number of hydrogen-bond donors (Lipinski definition) is 0. The molecule has 16 heavy (non-hydrogen) atoms. The highest BCUT2D eigenvalue weighted by molar-refractivity contribution is 6.19. The van der Waals surface area contributed by atoms with Crippen LogP contribution in [-0.2, 0) is 5.88 Å². The van der Waals surface area contributed by atoms with E-state index in [1.54, 1.807) is 0 Å². The van der Waals surface area contributed by atoms with Crippen LogP contribution in [0.5, 0.6) is 0 Å². The van der Waals surface area contributed by atoms with Crippen molar-refractivity contribution in [2.75, 3.05) is 0 Å². The third-order valence-electron chi connectivity index (χ3n) is 3.00. The highest BCUT2D eigenvalue weighted by Crippen LogP contribution is 2.28. The molecule has 0 amide bonds. The van der Waals surface area contributed by atoms with E-state index >= 15 is 0 Å². The summed E-state index contributed by atoms with van der Waals surface area (Å²) in [5.41, 5.74) is 1.20. The summed E-state index contributed by atoms with van der Waals surface area (Å²) in [4.78, 5) is 0. The number of rotatable bonds is 1. The Balaban J connectivity index is 2.57. The molecular formula is C15H11Cl. The Kier molecular flexibility index (Phi) is 2.30. The normalized spacial score (nSPS) is 11.1. The van der Waals surface area contributed by atoms with Gasteiger partial charge in [-0.1, -0.05) is 54.6 Å². The van der Waals surface area contributed by atoms with Gasteiger partial charge in [-0.15, -0.1) is 11.6 Å². The number of hydrogen-bond acceptors (Lipinski definition) is 0. The lowest BCUT2D eigenvalue weighted by Gasteiger charge is -2.07. The fraction of sp³-hybridized carbons (Fsp3) is 0.0667. The van der Waals surface area contributed by atoms with Crippen molar-refractivity contribution in [3.8, 4) is 0 Å². The van der Waals surface area contributed by atoms with Gasteiger partial charge in [-0.2, -0.15) is 0 Å². The molecule has 0 heterocycles. The Morgan fingerprint density at radius 1 is 0.750 bits per heavy atom. The predicted molar refractivity (Wildman–Crippen MR) is 71.0 cm³/mol. The monoisotopic (exact) mass is 226 g/mol. The summed E-state index contributed by atoms with van der Waals surface area (Å²) in [6, 6.07) is 19.1. The van der Waals surface area contributed by atoms with Crippen LogP contribution in [0.25, 0.3) is 21.5 Å². The van der Waals surface area contributed by atoms with Crippen LogP contribution in [0.2, 0.25) is 0 Å². The summed E-state index contributed by atoms with van der Waals surface area (Å²) < 4.78 is 0. The van der Waals surface area contributed by atoms with Crippen LogP contribution in [-0.4, -0.2) is 0 Å². The summed E-state index contributed by atoms with van der Waals surface area (Å²) in [6.07, 6.45) is 0. The van der Waals surface area contributed by atoms with Gasteiger partial charge in [-0.25, -0.2) is 0 Å². The van der Waals surface area contributed by atoms with E-state index in [4.69, 9.17) is 11.6 Å². The van der Waals surface area contributed by atoms with E-state index in [1.807, 2.05) is 0 Å². The molecule has 0 unspecified atom stereocenters. The molecule has 0 aliphatic carbocycles. The van der Waals surface area contributed by atoms with E-state index in [0.717, 1.165) is 0 Å². The quantitative estimate of drug-likeness (QED) is 0.416. The molecule has 0 saturated carbocycles. The average molecular weight is 227 g/mol. The van der Waals surface area contributed by atoms with Gasteiger partial charge in [0.2, 0.25) is 0 Å². The van der Waals surface area contributed by atoms with Crippen molar-refractivity contribution in [3.63, 3.8) is 0 Å². The summed E-state index contributed by atoms with van der Waals surface area (Å²) in [6.45, 7) is 0. The van der Waals surface area contributed by atoms with Crippen LogP contribution in [0.4, 0.5) is 0 Å². The molecule has 0 saturated heterocycles. The minimum Gasteiger partial charge on any atom is -0.122 e. The maximum absolute atomic E-state index is 6.01. The second-order valence-electron chi connectivity index (χ2n) is 3.94. The van der Waals surface area contributed by atoms with Gasteiger partial charge in [0, 0.05) is 5.88 Å². The van der Waals surface area contributed by atoms with Gasteiger partial charge in [-0.05, 0) is 27.1 Å². The van der Waals surface area contributed by atoms with E-state index in [1.165, 1.54) is 27.1 Å². The predicted octanol–water partition coefficient (Wildman–Crippen LogP) is 4.73. The van der Waals surface area contributed by atoms with Crippen LogP contribution in [0.1, 0.15) is 5.56 Å². The molecule has 0 aliphatic rings. The first-order valence-electron chi connectivity index (χ1n) is 5.35. The Morgan fingerprint density at radius 2 is 1.50 bits per heavy atom. The van der Waals surface area contributed by atoms with Crippen molar-refractivity contribution in [1.29, 1.82) is 0 Å². The molecule has 0 N–H and O–H groups in total. The van der Waals surface area contributed by atoms with Gasteiger partial charge < -0.3 is 0 Å². The van der Waals surface area contributed by atoms with Gasteiger partial charge in [0.1, 0.15) is 0 Å². The van der Waals surface area contributed by atoms with Crippen LogP contribution in [0.3, 0.4) is 0 Å². The zero-order valence-electron chi connectivity index (χ0n) is 8.78. The highest BCUT2D eigenvalue weighted by atomic mass is 35.5. The summed E-state index contributed by atoms with van der Waals surface area (Å²) >= 11 is 6.01.